The fourth-order valence-electron chi connectivity index (χ4n) is 2.87. The number of carboxylic acids is 2. The van der Waals surface area contributed by atoms with Crippen LogP contribution in [-0.2, 0) is 9.59 Å². The molecule has 2 aromatic rings. The topological polar surface area (TPSA) is 86.6 Å². The van der Waals surface area contributed by atoms with Gasteiger partial charge in [0.05, 0.1) is 0 Å². The lowest BCUT2D eigenvalue weighted by molar-refractivity contribution is -0.134. The minimum absolute atomic E-state index is 0.428. The average molecular weight is 351 g/mol. The Morgan fingerprint density at radius 1 is 0.885 bits per heavy atom. The number of aliphatic carboxylic acids is 2. The Balaban J connectivity index is 0.000000260. The molecule has 1 aliphatic carbocycles. The summed E-state index contributed by atoms with van der Waals surface area (Å²) in [5.74, 6) is -2.09. The fourth-order valence-corrected chi connectivity index (χ4v) is 2.87. The third-order valence-electron chi connectivity index (χ3n) is 3.96. The average Bonchev–Trinajstić information content (AvgIpc) is 2.79. The molecule has 5 nitrogen and oxygen atoms in total. The van der Waals surface area contributed by atoms with Crippen molar-refractivity contribution in [2.75, 3.05) is 13.6 Å². The Hall–Kier alpha value is -3.18. The molecule has 0 heterocycles. The van der Waals surface area contributed by atoms with Crippen LogP contribution in [0, 0.1) is 0 Å². The Morgan fingerprint density at radius 3 is 1.69 bits per heavy atom. The minimum Gasteiger partial charge on any atom is -0.478 e. The van der Waals surface area contributed by atoms with Crippen LogP contribution in [0.3, 0.4) is 0 Å². The summed E-state index contributed by atoms with van der Waals surface area (Å²) in [6.45, 7) is 0.968. The number of carbonyl (C=O) groups is 2. The van der Waals surface area contributed by atoms with Crippen LogP contribution < -0.4 is 5.32 Å². The highest BCUT2D eigenvalue weighted by atomic mass is 16.4. The molecule has 1 aliphatic rings. The van der Waals surface area contributed by atoms with Crippen LogP contribution in [0.15, 0.2) is 60.7 Å². The van der Waals surface area contributed by atoms with Gasteiger partial charge in [-0.3, -0.25) is 0 Å². The first-order chi connectivity index (χ1) is 12.5. The molecule has 2 aromatic carbocycles. The van der Waals surface area contributed by atoms with Crippen molar-refractivity contribution in [3.8, 4) is 0 Å². The van der Waals surface area contributed by atoms with E-state index in [0.717, 1.165) is 6.54 Å². The molecule has 0 bridgehead atoms. The molecular weight excluding hydrogens is 330 g/mol. The maximum Gasteiger partial charge on any atom is 0.328 e. The van der Waals surface area contributed by atoms with Gasteiger partial charge in [-0.05, 0) is 29.3 Å². The molecule has 0 aliphatic heterocycles. The predicted octanol–water partition coefficient (Wildman–Crippen LogP) is 3.23. The van der Waals surface area contributed by atoms with Crippen molar-refractivity contribution in [2.45, 2.75) is 5.92 Å². The van der Waals surface area contributed by atoms with Crippen LogP contribution in [0.5, 0.6) is 0 Å². The number of hydrogen-bond donors (Lipinski definition) is 3. The van der Waals surface area contributed by atoms with Gasteiger partial charge in [0.15, 0.2) is 0 Å². The van der Waals surface area contributed by atoms with Crippen LogP contribution >= 0.6 is 0 Å². The number of benzene rings is 2. The first-order valence-electron chi connectivity index (χ1n) is 8.17. The largest absolute Gasteiger partial charge is 0.478 e. The Morgan fingerprint density at radius 2 is 1.31 bits per heavy atom. The number of likely N-dealkylation sites (N-methyl/N-ethyl adjacent to an activating group) is 1. The van der Waals surface area contributed by atoms with Gasteiger partial charge in [0, 0.05) is 24.6 Å². The van der Waals surface area contributed by atoms with Crippen molar-refractivity contribution in [1.82, 2.24) is 5.32 Å². The quantitative estimate of drug-likeness (QED) is 0.736. The molecule has 0 fully saturated rings. The van der Waals surface area contributed by atoms with Crippen molar-refractivity contribution in [2.24, 2.45) is 0 Å². The molecule has 0 amide bonds. The maximum absolute atomic E-state index is 9.55. The summed E-state index contributed by atoms with van der Waals surface area (Å²) in [6.07, 6.45) is 5.57. The molecule has 134 valence electrons. The van der Waals surface area contributed by atoms with Gasteiger partial charge in [0.25, 0.3) is 0 Å². The summed E-state index contributed by atoms with van der Waals surface area (Å²) in [4.78, 5) is 19.1. The molecule has 5 heteroatoms. The highest BCUT2D eigenvalue weighted by Crippen LogP contribution is 2.33. The van der Waals surface area contributed by atoms with E-state index in [-0.39, 0.29) is 0 Å². The van der Waals surface area contributed by atoms with E-state index in [0.29, 0.717) is 18.1 Å². The van der Waals surface area contributed by atoms with E-state index in [1.54, 1.807) is 0 Å². The summed E-state index contributed by atoms with van der Waals surface area (Å²) >= 11 is 0. The van der Waals surface area contributed by atoms with E-state index >= 15 is 0 Å². The van der Waals surface area contributed by atoms with E-state index in [1.165, 1.54) is 22.3 Å². The first-order valence-corrected chi connectivity index (χ1v) is 8.17. The first kappa shape index (κ1) is 19.1. The maximum atomic E-state index is 9.55. The SMILES string of the molecule is CNCC1c2ccccc2C=Cc2ccccc21.O=C(O)/C=C\C(=O)O. The molecule has 0 radical (unpaired) electrons. The number of hydrogen-bond acceptors (Lipinski definition) is 3. The highest BCUT2D eigenvalue weighted by Gasteiger charge is 2.19. The van der Waals surface area contributed by atoms with Gasteiger partial charge in [-0.15, -0.1) is 0 Å². The molecule has 26 heavy (non-hydrogen) atoms. The van der Waals surface area contributed by atoms with Gasteiger partial charge in [-0.2, -0.15) is 0 Å². The summed E-state index contributed by atoms with van der Waals surface area (Å²) in [6, 6.07) is 17.3. The smallest absolute Gasteiger partial charge is 0.328 e. The molecule has 3 rings (SSSR count). The molecule has 0 saturated heterocycles. The van der Waals surface area contributed by atoms with Gasteiger partial charge in [0.2, 0.25) is 0 Å². The monoisotopic (exact) mass is 351 g/mol. The van der Waals surface area contributed by atoms with Crippen LogP contribution in [0.2, 0.25) is 0 Å². The van der Waals surface area contributed by atoms with E-state index in [4.69, 9.17) is 10.2 Å². The van der Waals surface area contributed by atoms with E-state index < -0.39 is 11.9 Å². The second kappa shape index (κ2) is 9.34. The molecule has 0 atom stereocenters. The molecule has 0 spiro atoms. The van der Waals surface area contributed by atoms with Gasteiger partial charge < -0.3 is 15.5 Å². The van der Waals surface area contributed by atoms with Crippen LogP contribution in [0.4, 0.5) is 0 Å². The second-order valence-corrected chi connectivity index (χ2v) is 5.71. The number of carboxylic acid groups (broad SMARTS) is 2. The number of fused-ring (bicyclic) bond motifs is 2. The van der Waals surface area contributed by atoms with Gasteiger partial charge in [-0.25, -0.2) is 9.59 Å². The van der Waals surface area contributed by atoms with Gasteiger partial charge in [0.1, 0.15) is 0 Å². The van der Waals surface area contributed by atoms with Crippen LogP contribution in [0.1, 0.15) is 28.2 Å². The zero-order chi connectivity index (χ0) is 18.9. The number of nitrogens with one attached hydrogen (secondary N) is 1. The van der Waals surface area contributed by atoms with Crippen molar-refractivity contribution < 1.29 is 19.8 Å². The Labute approximate surface area is 152 Å². The molecule has 0 unspecified atom stereocenters. The van der Waals surface area contributed by atoms with Crippen LogP contribution in [-0.4, -0.2) is 35.7 Å². The van der Waals surface area contributed by atoms with Crippen molar-refractivity contribution in [3.05, 3.63) is 82.9 Å². The van der Waals surface area contributed by atoms with Gasteiger partial charge >= 0.3 is 11.9 Å². The van der Waals surface area contributed by atoms with Crippen molar-refractivity contribution in [3.63, 3.8) is 0 Å². The molecular formula is C21H21NO4. The minimum atomic E-state index is -1.26. The summed E-state index contributed by atoms with van der Waals surface area (Å²) in [5, 5.41) is 18.9. The normalized spacial score (nSPS) is 12.5. The highest BCUT2D eigenvalue weighted by molar-refractivity contribution is 5.89. The van der Waals surface area contributed by atoms with Gasteiger partial charge in [-0.1, -0.05) is 60.7 Å². The second-order valence-electron chi connectivity index (χ2n) is 5.71. The predicted molar refractivity (Wildman–Crippen MR) is 102 cm³/mol. The van der Waals surface area contributed by atoms with E-state index in [9.17, 15) is 9.59 Å². The zero-order valence-electron chi connectivity index (χ0n) is 14.4. The third-order valence-corrected chi connectivity index (χ3v) is 3.96. The lowest BCUT2D eigenvalue weighted by atomic mass is 9.88. The standard InChI is InChI=1S/C17H17N.C4H4O4/c1-18-12-17-15-8-4-2-6-13(15)10-11-14-7-3-5-9-16(14)17;5-3(6)1-2-4(7)8/h2-11,17-18H,12H2,1H3;1-2H,(H,5,6)(H,7,8)/b;2-1-. The molecule has 0 aromatic heterocycles. The summed E-state index contributed by atoms with van der Waals surface area (Å²) < 4.78 is 0. The molecule has 3 N–H and O–H groups in total. The van der Waals surface area contributed by atoms with Crippen LogP contribution in [0.25, 0.3) is 12.2 Å². The zero-order valence-corrected chi connectivity index (χ0v) is 14.4. The number of rotatable bonds is 4. The molecule has 0 saturated carbocycles. The summed E-state index contributed by atoms with van der Waals surface area (Å²) in [5.41, 5.74) is 5.48. The van der Waals surface area contributed by atoms with E-state index in [2.05, 4.69) is 66.0 Å². The Kier molecular flexibility index (Phi) is 6.88. The lowest BCUT2D eigenvalue weighted by Crippen LogP contribution is -2.19. The van der Waals surface area contributed by atoms with E-state index in [1.807, 2.05) is 7.05 Å². The Bertz CT molecular complexity index is 774. The summed E-state index contributed by atoms with van der Waals surface area (Å²) in [7, 11) is 2.02. The van der Waals surface area contributed by atoms with Crippen molar-refractivity contribution in [1.29, 1.82) is 0 Å². The van der Waals surface area contributed by atoms with Crippen molar-refractivity contribution >= 4 is 24.1 Å². The fraction of sp³-hybridized carbons (Fsp3) is 0.143. The lowest BCUT2D eigenvalue weighted by Gasteiger charge is -2.19. The third kappa shape index (κ3) is 5.16.